The van der Waals surface area contributed by atoms with Crippen molar-refractivity contribution in [2.75, 3.05) is 7.11 Å². The number of non-ortho nitro benzene ring substituents is 1. The Labute approximate surface area is 122 Å². The molecule has 0 aliphatic carbocycles. The topological polar surface area (TPSA) is 84.6 Å². The largest absolute Gasteiger partial charge is 0.508 e. The van der Waals surface area contributed by atoms with E-state index in [1.807, 2.05) is 24.3 Å². The molecule has 2 N–H and O–H groups in total. The summed E-state index contributed by atoms with van der Waals surface area (Å²) in [5.41, 5.74) is 1.48. The predicted octanol–water partition coefficient (Wildman–Crippen LogP) is 2.60. The molecule has 0 heterocycles. The van der Waals surface area contributed by atoms with E-state index in [9.17, 15) is 15.2 Å². The van der Waals surface area contributed by atoms with E-state index in [-0.39, 0.29) is 11.4 Å². The van der Waals surface area contributed by atoms with E-state index < -0.39 is 4.92 Å². The molecule has 2 rings (SSSR count). The van der Waals surface area contributed by atoms with Gasteiger partial charge in [0.25, 0.3) is 5.69 Å². The lowest BCUT2D eigenvalue weighted by Gasteiger charge is -2.08. The standard InChI is InChI=1S/C15H16N2O4/c1-21-14-4-2-3-11(7-14)9-16-10-12-8-13(17(19)20)5-6-15(12)18/h2-8,16,18H,9-10H2,1H3. The molecule has 21 heavy (non-hydrogen) atoms. The first-order chi connectivity index (χ1) is 10.1. The van der Waals surface area contributed by atoms with Crippen LogP contribution in [0.1, 0.15) is 11.1 Å². The van der Waals surface area contributed by atoms with Gasteiger partial charge in [-0.2, -0.15) is 0 Å². The summed E-state index contributed by atoms with van der Waals surface area (Å²) in [7, 11) is 1.60. The van der Waals surface area contributed by atoms with Gasteiger partial charge in [-0.05, 0) is 23.8 Å². The maximum absolute atomic E-state index is 10.7. The first-order valence-corrected chi connectivity index (χ1v) is 6.40. The number of benzene rings is 2. The number of hydrogen-bond donors (Lipinski definition) is 2. The molecule has 0 atom stereocenters. The number of rotatable bonds is 6. The summed E-state index contributed by atoms with van der Waals surface area (Å²) in [6.07, 6.45) is 0. The third kappa shape index (κ3) is 3.93. The van der Waals surface area contributed by atoms with Crippen LogP contribution in [0, 0.1) is 10.1 Å². The molecule has 0 aliphatic heterocycles. The zero-order valence-corrected chi connectivity index (χ0v) is 11.6. The Morgan fingerprint density at radius 1 is 1.24 bits per heavy atom. The monoisotopic (exact) mass is 288 g/mol. The molecule has 0 radical (unpaired) electrons. The number of nitrogens with one attached hydrogen (secondary N) is 1. The number of nitro groups is 1. The van der Waals surface area contributed by atoms with Gasteiger partial charge >= 0.3 is 0 Å². The summed E-state index contributed by atoms with van der Waals surface area (Å²) in [6.45, 7) is 0.907. The van der Waals surface area contributed by atoms with Crippen molar-refractivity contribution in [3.63, 3.8) is 0 Å². The van der Waals surface area contributed by atoms with Gasteiger partial charge in [-0.15, -0.1) is 0 Å². The van der Waals surface area contributed by atoms with E-state index in [2.05, 4.69) is 5.32 Å². The normalized spacial score (nSPS) is 10.3. The van der Waals surface area contributed by atoms with Crippen LogP contribution in [-0.2, 0) is 13.1 Å². The third-order valence-electron chi connectivity index (χ3n) is 3.05. The number of aromatic hydroxyl groups is 1. The van der Waals surface area contributed by atoms with Crippen LogP contribution in [-0.4, -0.2) is 17.1 Å². The molecule has 0 spiro atoms. The Balaban J connectivity index is 1.99. The van der Waals surface area contributed by atoms with Gasteiger partial charge in [0.2, 0.25) is 0 Å². The molecular formula is C15H16N2O4. The van der Waals surface area contributed by atoms with Crippen molar-refractivity contribution in [2.45, 2.75) is 13.1 Å². The molecule has 0 unspecified atom stereocenters. The lowest BCUT2D eigenvalue weighted by molar-refractivity contribution is -0.384. The van der Waals surface area contributed by atoms with Crippen molar-refractivity contribution in [1.29, 1.82) is 0 Å². The lowest BCUT2D eigenvalue weighted by Crippen LogP contribution is -2.13. The van der Waals surface area contributed by atoms with Crippen molar-refractivity contribution < 1.29 is 14.8 Å². The van der Waals surface area contributed by atoms with Gasteiger partial charge in [-0.1, -0.05) is 12.1 Å². The summed E-state index contributed by atoms with van der Waals surface area (Å²) in [5.74, 6) is 0.811. The molecule has 0 aromatic heterocycles. The molecule has 0 amide bonds. The zero-order chi connectivity index (χ0) is 15.2. The smallest absolute Gasteiger partial charge is 0.270 e. The minimum Gasteiger partial charge on any atom is -0.508 e. The van der Waals surface area contributed by atoms with Crippen LogP contribution in [0.4, 0.5) is 5.69 Å². The summed E-state index contributed by atoms with van der Waals surface area (Å²) in [5, 5.41) is 23.6. The Morgan fingerprint density at radius 3 is 2.76 bits per heavy atom. The highest BCUT2D eigenvalue weighted by atomic mass is 16.6. The van der Waals surface area contributed by atoms with E-state index >= 15 is 0 Å². The van der Waals surface area contributed by atoms with Crippen molar-refractivity contribution in [3.8, 4) is 11.5 Å². The van der Waals surface area contributed by atoms with Crippen LogP contribution >= 0.6 is 0 Å². The molecule has 6 nitrogen and oxygen atoms in total. The second-order valence-corrected chi connectivity index (χ2v) is 4.53. The zero-order valence-electron chi connectivity index (χ0n) is 11.6. The van der Waals surface area contributed by atoms with E-state index in [1.54, 1.807) is 7.11 Å². The van der Waals surface area contributed by atoms with Gasteiger partial charge in [0.15, 0.2) is 0 Å². The van der Waals surface area contributed by atoms with Crippen molar-refractivity contribution >= 4 is 5.69 Å². The second kappa shape index (κ2) is 6.71. The summed E-state index contributed by atoms with van der Waals surface area (Å²) in [6, 6.07) is 11.6. The van der Waals surface area contributed by atoms with Gasteiger partial charge in [-0.25, -0.2) is 0 Å². The van der Waals surface area contributed by atoms with Crippen LogP contribution < -0.4 is 10.1 Å². The average Bonchev–Trinajstić information content (AvgIpc) is 2.49. The van der Waals surface area contributed by atoms with Crippen molar-refractivity contribution in [2.24, 2.45) is 0 Å². The molecule has 110 valence electrons. The van der Waals surface area contributed by atoms with Gasteiger partial charge < -0.3 is 15.2 Å². The summed E-state index contributed by atoms with van der Waals surface area (Å²) < 4.78 is 5.14. The number of hydrogen-bond acceptors (Lipinski definition) is 5. The third-order valence-corrected chi connectivity index (χ3v) is 3.05. The maximum atomic E-state index is 10.7. The molecule has 0 bridgehead atoms. The number of methoxy groups -OCH3 is 1. The Bertz CT molecular complexity index is 643. The molecule has 0 aliphatic rings. The number of phenolic OH excluding ortho intramolecular Hbond substituents is 1. The Kier molecular flexibility index (Phi) is 4.73. The highest BCUT2D eigenvalue weighted by molar-refractivity contribution is 5.43. The van der Waals surface area contributed by atoms with Gasteiger partial charge in [-0.3, -0.25) is 10.1 Å². The molecule has 2 aromatic carbocycles. The van der Waals surface area contributed by atoms with Crippen LogP contribution in [0.3, 0.4) is 0 Å². The molecule has 0 saturated heterocycles. The highest BCUT2D eigenvalue weighted by Gasteiger charge is 2.09. The van der Waals surface area contributed by atoms with Crippen LogP contribution in [0.15, 0.2) is 42.5 Å². The van der Waals surface area contributed by atoms with Crippen LogP contribution in [0.2, 0.25) is 0 Å². The number of nitro benzene ring substituents is 1. The number of ether oxygens (including phenoxy) is 1. The molecule has 2 aromatic rings. The van der Waals surface area contributed by atoms with E-state index in [0.717, 1.165) is 11.3 Å². The van der Waals surface area contributed by atoms with Crippen molar-refractivity contribution in [3.05, 3.63) is 63.7 Å². The van der Waals surface area contributed by atoms with Gasteiger partial charge in [0, 0.05) is 30.8 Å². The van der Waals surface area contributed by atoms with Crippen molar-refractivity contribution in [1.82, 2.24) is 5.32 Å². The number of phenols is 1. The van der Waals surface area contributed by atoms with Gasteiger partial charge in [0.1, 0.15) is 11.5 Å². The summed E-state index contributed by atoms with van der Waals surface area (Å²) >= 11 is 0. The molecular weight excluding hydrogens is 272 g/mol. The number of nitrogens with zero attached hydrogens (tertiary/aromatic N) is 1. The SMILES string of the molecule is COc1cccc(CNCc2cc([N+](=O)[O-])ccc2O)c1. The van der Waals surface area contributed by atoms with Crippen LogP contribution in [0.5, 0.6) is 11.5 Å². The fourth-order valence-corrected chi connectivity index (χ4v) is 1.95. The fourth-order valence-electron chi connectivity index (χ4n) is 1.95. The average molecular weight is 288 g/mol. The quantitative estimate of drug-likeness (QED) is 0.630. The first kappa shape index (κ1) is 14.8. The lowest BCUT2D eigenvalue weighted by atomic mass is 10.1. The molecule has 0 saturated carbocycles. The first-order valence-electron chi connectivity index (χ1n) is 6.40. The van der Waals surface area contributed by atoms with E-state index in [4.69, 9.17) is 4.74 Å². The minimum absolute atomic E-state index is 0.0361. The summed E-state index contributed by atoms with van der Waals surface area (Å²) in [4.78, 5) is 10.2. The Hall–Kier alpha value is -2.60. The molecule has 6 heteroatoms. The van der Waals surface area contributed by atoms with Crippen LogP contribution in [0.25, 0.3) is 0 Å². The second-order valence-electron chi connectivity index (χ2n) is 4.53. The highest BCUT2D eigenvalue weighted by Crippen LogP contribution is 2.22. The van der Waals surface area contributed by atoms with Gasteiger partial charge in [0.05, 0.1) is 12.0 Å². The molecule has 0 fully saturated rings. The van der Waals surface area contributed by atoms with E-state index in [0.29, 0.717) is 18.7 Å². The predicted molar refractivity (Wildman–Crippen MR) is 78.3 cm³/mol. The maximum Gasteiger partial charge on any atom is 0.270 e. The van der Waals surface area contributed by atoms with E-state index in [1.165, 1.54) is 18.2 Å². The minimum atomic E-state index is -0.481. The fraction of sp³-hybridized carbons (Fsp3) is 0.200. The Morgan fingerprint density at radius 2 is 2.05 bits per heavy atom.